The molecule has 2 bridgehead atoms. The summed E-state index contributed by atoms with van der Waals surface area (Å²) in [5, 5.41) is 0.642. The molecule has 0 amide bonds. The first kappa shape index (κ1) is 10.7. The molecule has 0 aromatic carbocycles. The van der Waals surface area contributed by atoms with Gasteiger partial charge in [-0.25, -0.2) is 0 Å². The van der Waals surface area contributed by atoms with Gasteiger partial charge in [-0.1, -0.05) is 65.8 Å². The molecule has 2 saturated heterocycles. The van der Waals surface area contributed by atoms with Crippen molar-refractivity contribution in [1.82, 2.24) is 0 Å². The largest absolute Gasteiger partial charge is 0.0684 e. The Bertz CT molecular complexity index is 192. The van der Waals surface area contributed by atoms with Crippen LogP contribution in [0.2, 0.25) is 22.7 Å². The molecule has 0 N–H and O–H groups in total. The summed E-state index contributed by atoms with van der Waals surface area (Å²) in [6.07, 6.45) is 9.34. The van der Waals surface area contributed by atoms with E-state index in [0.717, 1.165) is 11.1 Å². The van der Waals surface area contributed by atoms with Crippen LogP contribution in [0.5, 0.6) is 0 Å². The van der Waals surface area contributed by atoms with Crippen molar-refractivity contribution in [3.05, 3.63) is 0 Å². The molecule has 0 saturated carbocycles. The van der Waals surface area contributed by atoms with Gasteiger partial charge in [0, 0.05) is 0 Å². The number of rotatable bonds is 0. The van der Waals surface area contributed by atoms with E-state index in [4.69, 9.17) is 0 Å². The smallest absolute Gasteiger partial charge is 0.0620 e. The maximum absolute atomic E-state index is 2.72. The third-order valence-corrected chi connectivity index (χ3v) is 13.3. The van der Waals surface area contributed by atoms with Crippen LogP contribution in [0.1, 0.15) is 59.3 Å². The minimum absolute atomic E-state index is 0.642. The Morgan fingerprint density at radius 2 is 1.21 bits per heavy atom. The lowest BCUT2D eigenvalue weighted by molar-refractivity contribution is 0.408. The van der Waals surface area contributed by atoms with Gasteiger partial charge >= 0.3 is 0 Å². The molecule has 0 atom stereocenters. The lowest BCUT2D eigenvalue weighted by Crippen LogP contribution is -2.53. The molecule has 2 rings (SSSR count). The summed E-state index contributed by atoms with van der Waals surface area (Å²) in [4.78, 5) is 0. The molecule has 2 aliphatic heterocycles. The second kappa shape index (κ2) is 3.36. The van der Waals surface area contributed by atoms with E-state index in [-0.39, 0.29) is 0 Å². The van der Waals surface area contributed by atoms with Crippen LogP contribution in [0, 0.1) is 0 Å². The van der Waals surface area contributed by atoms with Crippen molar-refractivity contribution in [3.63, 3.8) is 0 Å². The minimum Gasteiger partial charge on any atom is -0.0684 e. The van der Waals surface area contributed by atoms with Crippen molar-refractivity contribution in [2.24, 2.45) is 0 Å². The summed E-state index contributed by atoms with van der Waals surface area (Å²) in [5.41, 5.74) is 2.32. The average Bonchev–Trinajstić information content (AvgIpc) is 2.00. The quantitative estimate of drug-likeness (QED) is 0.495. The zero-order chi connectivity index (χ0) is 10.4. The summed E-state index contributed by atoms with van der Waals surface area (Å²) in [6, 6.07) is 0. The predicted octanol–water partition coefficient (Wildman–Crippen LogP) is 4.97. The Morgan fingerprint density at radius 1 is 0.857 bits per heavy atom. The highest BCUT2D eigenvalue weighted by molar-refractivity contribution is 6.84. The Hall–Kier alpha value is 0.217. The Labute approximate surface area is 90.5 Å². The van der Waals surface area contributed by atoms with Gasteiger partial charge in [-0.3, -0.25) is 0 Å². The van der Waals surface area contributed by atoms with Crippen LogP contribution in [-0.4, -0.2) is 8.07 Å². The van der Waals surface area contributed by atoms with E-state index in [1.807, 2.05) is 0 Å². The second-order valence-corrected chi connectivity index (χ2v) is 12.5. The van der Waals surface area contributed by atoms with Crippen LogP contribution < -0.4 is 0 Å². The van der Waals surface area contributed by atoms with Crippen LogP contribution in [0.3, 0.4) is 0 Å². The van der Waals surface area contributed by atoms with E-state index in [9.17, 15) is 0 Å². The van der Waals surface area contributed by atoms with E-state index < -0.39 is 8.07 Å². The van der Waals surface area contributed by atoms with Gasteiger partial charge in [0.05, 0.1) is 8.07 Å². The molecule has 0 aromatic heterocycles. The van der Waals surface area contributed by atoms with Crippen LogP contribution in [0.4, 0.5) is 0 Å². The Kier molecular flexibility index (Phi) is 2.58. The Morgan fingerprint density at radius 3 is 1.43 bits per heavy atom. The zero-order valence-electron chi connectivity index (χ0n) is 10.4. The van der Waals surface area contributed by atoms with Crippen molar-refractivity contribution < 1.29 is 0 Å². The van der Waals surface area contributed by atoms with Gasteiger partial charge in [0.2, 0.25) is 0 Å². The standard InChI is InChI=1S/C13H26Si/c1-13(2,3)14(4)11-7-5-8-12(14)10-6-9-11/h11-12H,5-10H2,1-4H3. The first-order valence-corrected chi connectivity index (χ1v) is 9.12. The molecule has 2 aliphatic rings. The molecule has 0 aromatic rings. The second-order valence-electron chi connectivity index (χ2n) is 6.79. The highest BCUT2D eigenvalue weighted by atomic mass is 28.3. The number of hydrogen-bond acceptors (Lipinski definition) is 0. The van der Waals surface area contributed by atoms with Gasteiger partial charge in [-0.2, -0.15) is 0 Å². The van der Waals surface area contributed by atoms with Gasteiger partial charge in [0.25, 0.3) is 0 Å². The molecule has 0 nitrogen and oxygen atoms in total. The summed E-state index contributed by atoms with van der Waals surface area (Å²) in [7, 11) is -0.984. The monoisotopic (exact) mass is 210 g/mol. The molecule has 14 heavy (non-hydrogen) atoms. The topological polar surface area (TPSA) is 0 Å². The summed E-state index contributed by atoms with van der Waals surface area (Å²) < 4.78 is 0. The molecule has 0 aliphatic carbocycles. The van der Waals surface area contributed by atoms with Gasteiger partial charge in [-0.05, 0) is 16.1 Å². The van der Waals surface area contributed by atoms with Crippen LogP contribution in [0.15, 0.2) is 0 Å². The van der Waals surface area contributed by atoms with Gasteiger partial charge in [-0.15, -0.1) is 0 Å². The molecular weight excluding hydrogens is 184 g/mol. The highest BCUT2D eigenvalue weighted by Crippen LogP contribution is 2.61. The SMILES string of the molecule is CC(C)(C)[Si]1(C)C2CCCC1CCC2. The van der Waals surface area contributed by atoms with Gasteiger partial charge in [0.15, 0.2) is 0 Å². The third-order valence-electron chi connectivity index (χ3n) is 5.52. The normalized spacial score (nSPS) is 43.7. The fourth-order valence-electron chi connectivity index (χ4n) is 4.27. The molecule has 1 heteroatoms. The van der Waals surface area contributed by atoms with Crippen molar-refractivity contribution in [3.8, 4) is 0 Å². The molecular formula is C13H26Si. The maximum atomic E-state index is 2.72. The predicted molar refractivity (Wildman–Crippen MR) is 66.5 cm³/mol. The maximum Gasteiger partial charge on any atom is 0.0620 e. The minimum atomic E-state index is -0.984. The number of fused-ring (bicyclic) bond motifs is 2. The summed E-state index contributed by atoms with van der Waals surface area (Å²) >= 11 is 0. The molecule has 0 spiro atoms. The van der Waals surface area contributed by atoms with Crippen molar-refractivity contribution in [2.45, 2.75) is 82.0 Å². The molecule has 82 valence electrons. The van der Waals surface area contributed by atoms with Crippen LogP contribution >= 0.6 is 0 Å². The van der Waals surface area contributed by atoms with E-state index in [1.54, 1.807) is 25.7 Å². The van der Waals surface area contributed by atoms with E-state index in [0.29, 0.717) is 5.04 Å². The fraction of sp³-hybridized carbons (Fsp3) is 1.00. The molecule has 2 heterocycles. The lowest BCUT2D eigenvalue weighted by atomic mass is 9.98. The van der Waals surface area contributed by atoms with Gasteiger partial charge < -0.3 is 0 Å². The first-order valence-electron chi connectivity index (χ1n) is 6.46. The van der Waals surface area contributed by atoms with Crippen molar-refractivity contribution >= 4 is 8.07 Å². The summed E-state index contributed by atoms with van der Waals surface area (Å²) in [5.74, 6) is 0. The third kappa shape index (κ3) is 1.39. The van der Waals surface area contributed by atoms with Crippen molar-refractivity contribution in [2.75, 3.05) is 0 Å². The Balaban J connectivity index is 2.31. The summed E-state index contributed by atoms with van der Waals surface area (Å²) in [6.45, 7) is 10.3. The van der Waals surface area contributed by atoms with Crippen LogP contribution in [0.25, 0.3) is 0 Å². The highest BCUT2D eigenvalue weighted by Gasteiger charge is 2.53. The molecule has 2 fully saturated rings. The van der Waals surface area contributed by atoms with Crippen molar-refractivity contribution in [1.29, 1.82) is 0 Å². The van der Waals surface area contributed by atoms with E-state index in [1.165, 1.54) is 12.8 Å². The van der Waals surface area contributed by atoms with Gasteiger partial charge in [0.1, 0.15) is 0 Å². The number of hydrogen-bond donors (Lipinski definition) is 0. The van der Waals surface area contributed by atoms with E-state index >= 15 is 0 Å². The lowest BCUT2D eigenvalue weighted by Gasteiger charge is -2.56. The molecule has 0 unspecified atom stereocenters. The fourth-order valence-corrected chi connectivity index (χ4v) is 10.6. The van der Waals surface area contributed by atoms with E-state index in [2.05, 4.69) is 27.3 Å². The molecule has 0 radical (unpaired) electrons. The first-order chi connectivity index (χ1) is 6.46. The van der Waals surface area contributed by atoms with Crippen LogP contribution in [-0.2, 0) is 0 Å². The zero-order valence-corrected chi connectivity index (χ0v) is 11.4. The average molecular weight is 210 g/mol.